The van der Waals surface area contributed by atoms with E-state index in [1.807, 2.05) is 72.8 Å². The van der Waals surface area contributed by atoms with Gasteiger partial charge in [-0.2, -0.15) is 0 Å². The van der Waals surface area contributed by atoms with Crippen LogP contribution in [0.15, 0.2) is 72.8 Å². The van der Waals surface area contributed by atoms with Gasteiger partial charge in [-0.3, -0.25) is 14.4 Å². The van der Waals surface area contributed by atoms with Gasteiger partial charge in [-0.05, 0) is 70.8 Å². The average Bonchev–Trinajstić information content (AvgIpc) is 2.89. The van der Waals surface area contributed by atoms with Crippen molar-refractivity contribution >= 4 is 34.8 Å². The Kier molecular flexibility index (Phi) is 10.4. The number of rotatable bonds is 11. The molecule has 0 radical (unpaired) electrons. The molecule has 0 aliphatic carbocycles. The second-order valence-electron chi connectivity index (χ2n) is 11.0. The third-order valence-electron chi connectivity index (χ3n) is 6.80. The van der Waals surface area contributed by atoms with E-state index in [2.05, 4.69) is 57.5 Å². The number of nitrogens with one attached hydrogen (secondary N) is 3. The number of carbonyl (C=O) groups excluding carboxylic acids is 3. The monoisotopic (exact) mass is 527 g/mol. The van der Waals surface area contributed by atoms with Crippen LogP contribution < -0.4 is 16.0 Å². The minimum absolute atomic E-state index is 0.123. The van der Waals surface area contributed by atoms with Crippen molar-refractivity contribution in [2.24, 2.45) is 5.92 Å². The van der Waals surface area contributed by atoms with E-state index in [9.17, 15) is 14.4 Å². The molecule has 0 aromatic heterocycles. The highest BCUT2D eigenvalue weighted by atomic mass is 16.2. The number of benzene rings is 3. The maximum Gasteiger partial charge on any atom is 0.228 e. The zero-order chi connectivity index (χ0) is 28.5. The summed E-state index contributed by atoms with van der Waals surface area (Å²) in [4.78, 5) is 39.1. The van der Waals surface area contributed by atoms with Crippen LogP contribution in [0.5, 0.6) is 0 Å². The Bertz CT molecular complexity index is 1180. The Hall–Kier alpha value is -3.93. The quantitative estimate of drug-likeness (QED) is 0.239. The van der Waals surface area contributed by atoms with Crippen LogP contribution in [0.1, 0.15) is 88.8 Å². The first-order valence-electron chi connectivity index (χ1n) is 13.7. The van der Waals surface area contributed by atoms with Gasteiger partial charge in [0.2, 0.25) is 17.7 Å². The van der Waals surface area contributed by atoms with E-state index in [1.165, 1.54) is 11.1 Å². The Balaban J connectivity index is 1.71. The van der Waals surface area contributed by atoms with Gasteiger partial charge in [0.1, 0.15) is 0 Å². The predicted molar refractivity (Wildman–Crippen MR) is 160 cm³/mol. The van der Waals surface area contributed by atoms with E-state index in [-0.39, 0.29) is 30.6 Å². The van der Waals surface area contributed by atoms with E-state index in [0.29, 0.717) is 34.8 Å². The second-order valence-corrected chi connectivity index (χ2v) is 11.0. The molecule has 0 aliphatic rings. The molecule has 0 spiro atoms. The Labute approximate surface area is 232 Å². The Morgan fingerprint density at radius 1 is 0.487 bits per heavy atom. The van der Waals surface area contributed by atoms with Crippen LogP contribution in [-0.2, 0) is 14.4 Å². The molecule has 3 rings (SSSR count). The van der Waals surface area contributed by atoms with Gasteiger partial charge in [0.05, 0.1) is 5.92 Å². The predicted octanol–water partition coefficient (Wildman–Crippen LogP) is 7.67. The van der Waals surface area contributed by atoms with Crippen molar-refractivity contribution in [1.82, 2.24) is 0 Å². The highest BCUT2D eigenvalue weighted by Crippen LogP contribution is 2.22. The largest absolute Gasteiger partial charge is 0.326 e. The molecule has 0 saturated heterocycles. The standard InChI is InChI=1S/C33H41N3O3/c1-21(2)24-7-13-28(14-8-24)34-31(37)19-27(33(39)36-30-17-11-26(12-18-30)23(5)6)20-32(38)35-29-15-9-25(10-16-29)22(3)4/h7-18,21-23,27H,19-20H2,1-6H3,(H,34,37)(H,35,38)(H,36,39). The molecule has 3 amide bonds. The van der Waals surface area contributed by atoms with Gasteiger partial charge in [-0.1, -0.05) is 77.9 Å². The molecule has 6 heteroatoms. The Morgan fingerprint density at radius 2 is 0.769 bits per heavy atom. The average molecular weight is 528 g/mol. The third kappa shape index (κ3) is 9.10. The van der Waals surface area contributed by atoms with E-state index < -0.39 is 5.92 Å². The van der Waals surface area contributed by atoms with Gasteiger partial charge >= 0.3 is 0 Å². The Morgan fingerprint density at radius 3 is 1.05 bits per heavy atom. The highest BCUT2D eigenvalue weighted by Gasteiger charge is 2.25. The van der Waals surface area contributed by atoms with Crippen molar-refractivity contribution in [2.75, 3.05) is 16.0 Å². The van der Waals surface area contributed by atoms with Crippen LogP contribution in [0, 0.1) is 5.92 Å². The second kappa shape index (κ2) is 13.7. The fraction of sp³-hybridized carbons (Fsp3) is 0.364. The van der Waals surface area contributed by atoms with Crippen LogP contribution in [0.3, 0.4) is 0 Å². The molecule has 3 N–H and O–H groups in total. The summed E-state index contributed by atoms with van der Waals surface area (Å²) in [6.07, 6.45) is -0.247. The van der Waals surface area contributed by atoms with Crippen LogP contribution in [-0.4, -0.2) is 17.7 Å². The lowest BCUT2D eigenvalue weighted by Crippen LogP contribution is -2.31. The van der Waals surface area contributed by atoms with E-state index in [0.717, 1.165) is 5.56 Å². The first-order chi connectivity index (χ1) is 18.5. The van der Waals surface area contributed by atoms with E-state index in [1.54, 1.807) is 0 Å². The van der Waals surface area contributed by atoms with Gasteiger partial charge in [0, 0.05) is 29.9 Å². The van der Waals surface area contributed by atoms with Gasteiger partial charge in [0.15, 0.2) is 0 Å². The normalized spacial score (nSPS) is 11.2. The summed E-state index contributed by atoms with van der Waals surface area (Å²) in [5.41, 5.74) is 5.45. The molecular formula is C33H41N3O3. The summed E-state index contributed by atoms with van der Waals surface area (Å²) in [5.74, 6) is -0.718. The van der Waals surface area contributed by atoms with Gasteiger partial charge < -0.3 is 16.0 Å². The van der Waals surface area contributed by atoms with Crippen LogP contribution in [0.25, 0.3) is 0 Å². The molecule has 6 nitrogen and oxygen atoms in total. The van der Waals surface area contributed by atoms with Crippen molar-refractivity contribution in [3.8, 4) is 0 Å². The minimum Gasteiger partial charge on any atom is -0.326 e. The molecule has 3 aromatic rings. The maximum atomic E-state index is 13.3. The molecule has 0 fully saturated rings. The molecule has 0 atom stereocenters. The number of anilines is 3. The molecule has 39 heavy (non-hydrogen) atoms. The molecule has 206 valence electrons. The fourth-order valence-electron chi connectivity index (χ4n) is 4.23. The van der Waals surface area contributed by atoms with Crippen LogP contribution in [0.4, 0.5) is 17.1 Å². The molecule has 3 aromatic carbocycles. The third-order valence-corrected chi connectivity index (χ3v) is 6.80. The van der Waals surface area contributed by atoms with Gasteiger partial charge in [-0.15, -0.1) is 0 Å². The molecule has 0 saturated carbocycles. The fourth-order valence-corrected chi connectivity index (χ4v) is 4.23. The first-order valence-corrected chi connectivity index (χ1v) is 13.7. The smallest absolute Gasteiger partial charge is 0.228 e. The lowest BCUT2D eigenvalue weighted by molar-refractivity contribution is -0.127. The zero-order valence-electron chi connectivity index (χ0n) is 23.9. The summed E-state index contributed by atoms with van der Waals surface area (Å²) in [6.45, 7) is 12.6. The summed E-state index contributed by atoms with van der Waals surface area (Å²) < 4.78 is 0. The van der Waals surface area contributed by atoms with Crippen LogP contribution in [0.2, 0.25) is 0 Å². The van der Waals surface area contributed by atoms with Crippen molar-refractivity contribution in [3.63, 3.8) is 0 Å². The van der Waals surface area contributed by atoms with Crippen LogP contribution >= 0.6 is 0 Å². The van der Waals surface area contributed by atoms with Gasteiger partial charge in [0.25, 0.3) is 0 Å². The van der Waals surface area contributed by atoms with Gasteiger partial charge in [-0.25, -0.2) is 0 Å². The molecule has 0 aliphatic heterocycles. The zero-order valence-corrected chi connectivity index (χ0v) is 23.9. The van der Waals surface area contributed by atoms with Crippen molar-refractivity contribution in [1.29, 1.82) is 0 Å². The number of hydrogen-bond donors (Lipinski definition) is 3. The minimum atomic E-state index is -0.848. The molecule has 0 unspecified atom stereocenters. The van der Waals surface area contributed by atoms with Crippen molar-refractivity contribution in [3.05, 3.63) is 89.5 Å². The highest BCUT2D eigenvalue weighted by molar-refractivity contribution is 6.01. The number of amides is 3. The molecule has 0 heterocycles. The summed E-state index contributed by atoms with van der Waals surface area (Å²) in [6, 6.07) is 22.9. The topological polar surface area (TPSA) is 87.3 Å². The van der Waals surface area contributed by atoms with E-state index in [4.69, 9.17) is 0 Å². The SMILES string of the molecule is CC(C)c1ccc(NC(=O)CC(CC(=O)Nc2ccc(C(C)C)cc2)C(=O)Nc2ccc(C(C)C)cc2)cc1. The number of carbonyl (C=O) groups is 3. The molecular weight excluding hydrogens is 486 g/mol. The maximum absolute atomic E-state index is 13.3. The lowest BCUT2D eigenvalue weighted by Gasteiger charge is -2.17. The van der Waals surface area contributed by atoms with Crippen molar-refractivity contribution < 1.29 is 14.4 Å². The summed E-state index contributed by atoms with van der Waals surface area (Å²) in [7, 11) is 0. The first kappa shape index (κ1) is 29.6. The molecule has 0 bridgehead atoms. The lowest BCUT2D eigenvalue weighted by atomic mass is 9.98. The van der Waals surface area contributed by atoms with E-state index >= 15 is 0 Å². The number of hydrogen-bond acceptors (Lipinski definition) is 3. The van der Waals surface area contributed by atoms with Crippen molar-refractivity contribution in [2.45, 2.75) is 72.1 Å². The summed E-state index contributed by atoms with van der Waals surface area (Å²) in [5, 5.41) is 8.62. The summed E-state index contributed by atoms with van der Waals surface area (Å²) >= 11 is 0.